The third kappa shape index (κ3) is 5.43. The van der Waals surface area contributed by atoms with E-state index >= 15 is 0 Å². The van der Waals surface area contributed by atoms with Crippen molar-refractivity contribution in [2.75, 3.05) is 37.6 Å². The molecule has 1 aliphatic heterocycles. The summed E-state index contributed by atoms with van der Waals surface area (Å²) in [6.07, 6.45) is 3.59. The normalized spacial score (nSPS) is 16.0. The van der Waals surface area contributed by atoms with Gasteiger partial charge in [-0.2, -0.15) is 0 Å². The van der Waals surface area contributed by atoms with Crippen molar-refractivity contribution < 1.29 is 8.42 Å². The molecular formula is C26H32N4O2S. The van der Waals surface area contributed by atoms with Crippen LogP contribution >= 0.6 is 0 Å². The highest BCUT2D eigenvalue weighted by Gasteiger charge is 2.28. The molecule has 3 aromatic rings. The van der Waals surface area contributed by atoms with Crippen LogP contribution in [0.5, 0.6) is 0 Å². The fourth-order valence-electron chi connectivity index (χ4n) is 4.81. The lowest BCUT2D eigenvalue weighted by Crippen LogP contribution is -2.50. The summed E-state index contributed by atoms with van der Waals surface area (Å²) in [5.41, 5.74) is 4.85. The number of benzene rings is 2. The van der Waals surface area contributed by atoms with E-state index in [2.05, 4.69) is 43.8 Å². The first-order chi connectivity index (χ1) is 15.8. The molecule has 0 unspecified atom stereocenters. The molecule has 0 spiro atoms. The molecular weight excluding hydrogens is 432 g/mol. The topological polar surface area (TPSA) is 65.5 Å². The first kappa shape index (κ1) is 23.4. The van der Waals surface area contributed by atoms with Crippen LogP contribution in [0.4, 0.5) is 5.69 Å². The number of para-hydroxylation sites is 1. The minimum Gasteiger partial charge on any atom is -0.369 e. The standard InChI is InChI=1S/C26H32N4O2S/c1-20-16-21(2)26(22(3)17-20)33(31,32)28-19-25(23-8-7-11-27-18-23)30-14-12-29(13-15-30)24-9-5-4-6-10-24/h4-11,16-18,25,28H,12-15,19H2,1-3H3/t25-/m1/s1. The number of nitrogens with zero attached hydrogens (tertiary/aromatic N) is 3. The van der Waals surface area contributed by atoms with E-state index in [-0.39, 0.29) is 6.04 Å². The van der Waals surface area contributed by atoms with Crippen molar-refractivity contribution in [3.63, 3.8) is 0 Å². The number of pyridine rings is 1. The highest BCUT2D eigenvalue weighted by molar-refractivity contribution is 7.89. The Bertz CT molecular complexity index is 1150. The van der Waals surface area contributed by atoms with Gasteiger partial charge in [0.15, 0.2) is 0 Å². The predicted molar refractivity (Wildman–Crippen MR) is 133 cm³/mol. The van der Waals surface area contributed by atoms with Crippen LogP contribution in [0.3, 0.4) is 0 Å². The fourth-order valence-corrected chi connectivity index (χ4v) is 6.30. The van der Waals surface area contributed by atoms with Gasteiger partial charge in [-0.05, 0) is 55.7 Å². The molecule has 2 aromatic carbocycles. The van der Waals surface area contributed by atoms with Crippen molar-refractivity contribution in [2.24, 2.45) is 0 Å². The van der Waals surface area contributed by atoms with Crippen molar-refractivity contribution in [2.45, 2.75) is 31.7 Å². The molecule has 1 N–H and O–H groups in total. The van der Waals surface area contributed by atoms with E-state index in [1.807, 2.05) is 57.3 Å². The smallest absolute Gasteiger partial charge is 0.241 e. The Morgan fingerprint density at radius 3 is 2.21 bits per heavy atom. The first-order valence-electron chi connectivity index (χ1n) is 11.4. The monoisotopic (exact) mass is 464 g/mol. The molecule has 1 aromatic heterocycles. The minimum absolute atomic E-state index is 0.0857. The lowest BCUT2D eigenvalue weighted by Gasteiger charge is -2.40. The summed E-state index contributed by atoms with van der Waals surface area (Å²) in [5, 5.41) is 0. The van der Waals surface area contributed by atoms with Crippen molar-refractivity contribution >= 4 is 15.7 Å². The summed E-state index contributed by atoms with van der Waals surface area (Å²) in [7, 11) is -3.64. The van der Waals surface area contributed by atoms with Crippen LogP contribution < -0.4 is 9.62 Å². The second-order valence-corrected chi connectivity index (χ2v) is 10.4. The van der Waals surface area contributed by atoms with Gasteiger partial charge >= 0.3 is 0 Å². The van der Waals surface area contributed by atoms with E-state index < -0.39 is 10.0 Å². The number of nitrogens with one attached hydrogen (secondary N) is 1. The Kier molecular flexibility index (Phi) is 7.12. The molecule has 1 fully saturated rings. The number of aryl methyl sites for hydroxylation is 3. The Labute approximate surface area is 197 Å². The van der Waals surface area contributed by atoms with Crippen LogP contribution in [0, 0.1) is 20.8 Å². The lowest BCUT2D eigenvalue weighted by molar-refractivity contribution is 0.186. The van der Waals surface area contributed by atoms with E-state index in [1.54, 1.807) is 6.20 Å². The zero-order chi connectivity index (χ0) is 23.4. The first-order valence-corrected chi connectivity index (χ1v) is 12.8. The van der Waals surface area contributed by atoms with Gasteiger partial charge in [0.1, 0.15) is 0 Å². The predicted octanol–water partition coefficient (Wildman–Crippen LogP) is 3.85. The number of aromatic nitrogens is 1. The summed E-state index contributed by atoms with van der Waals surface area (Å²) in [6, 6.07) is 18.1. The van der Waals surface area contributed by atoms with Crippen LogP contribution in [0.25, 0.3) is 0 Å². The zero-order valence-corrected chi connectivity index (χ0v) is 20.3. The van der Waals surface area contributed by atoms with Crippen molar-refractivity contribution in [1.82, 2.24) is 14.6 Å². The van der Waals surface area contributed by atoms with Crippen LogP contribution in [0.2, 0.25) is 0 Å². The summed E-state index contributed by atoms with van der Waals surface area (Å²) < 4.78 is 29.5. The maximum atomic E-state index is 13.3. The number of rotatable bonds is 7. The molecule has 0 bridgehead atoms. The molecule has 4 rings (SSSR count). The number of hydrogen-bond acceptors (Lipinski definition) is 5. The zero-order valence-electron chi connectivity index (χ0n) is 19.5. The molecule has 0 radical (unpaired) electrons. The molecule has 0 aliphatic carbocycles. The van der Waals surface area contributed by atoms with Gasteiger partial charge in [-0.25, -0.2) is 13.1 Å². The van der Waals surface area contributed by atoms with Gasteiger partial charge in [0, 0.05) is 50.8 Å². The second-order valence-electron chi connectivity index (χ2n) is 8.74. The average Bonchev–Trinajstić information content (AvgIpc) is 2.80. The minimum atomic E-state index is -3.64. The maximum Gasteiger partial charge on any atom is 0.241 e. The number of sulfonamides is 1. The van der Waals surface area contributed by atoms with E-state index in [1.165, 1.54) is 5.69 Å². The third-order valence-corrected chi connectivity index (χ3v) is 8.01. The molecule has 33 heavy (non-hydrogen) atoms. The lowest BCUT2D eigenvalue weighted by atomic mass is 10.1. The van der Waals surface area contributed by atoms with Crippen LogP contribution in [0.15, 0.2) is 71.9 Å². The van der Waals surface area contributed by atoms with Gasteiger partial charge in [0.25, 0.3) is 0 Å². The van der Waals surface area contributed by atoms with E-state index in [9.17, 15) is 8.42 Å². The van der Waals surface area contributed by atoms with Crippen LogP contribution in [-0.4, -0.2) is 51.0 Å². The number of piperazine rings is 1. The van der Waals surface area contributed by atoms with Gasteiger partial charge in [0.05, 0.1) is 10.9 Å². The molecule has 0 saturated carbocycles. The summed E-state index contributed by atoms with van der Waals surface area (Å²) in [6.45, 7) is 9.47. The Morgan fingerprint density at radius 2 is 1.61 bits per heavy atom. The second kappa shape index (κ2) is 10.0. The van der Waals surface area contributed by atoms with E-state index in [4.69, 9.17) is 0 Å². The third-order valence-electron chi connectivity index (χ3n) is 6.29. The Hall–Kier alpha value is -2.74. The maximum absolute atomic E-state index is 13.3. The Morgan fingerprint density at radius 1 is 0.939 bits per heavy atom. The number of anilines is 1. The molecule has 1 aliphatic rings. The van der Waals surface area contributed by atoms with Gasteiger partial charge < -0.3 is 4.90 Å². The largest absolute Gasteiger partial charge is 0.369 e. The number of hydrogen-bond donors (Lipinski definition) is 1. The highest BCUT2D eigenvalue weighted by Crippen LogP contribution is 2.26. The molecule has 2 heterocycles. The van der Waals surface area contributed by atoms with Crippen molar-refractivity contribution in [3.05, 3.63) is 89.2 Å². The molecule has 7 heteroatoms. The molecule has 174 valence electrons. The Balaban J connectivity index is 1.52. The van der Waals surface area contributed by atoms with Crippen molar-refractivity contribution in [1.29, 1.82) is 0 Å². The van der Waals surface area contributed by atoms with E-state index in [0.29, 0.717) is 11.4 Å². The summed E-state index contributed by atoms with van der Waals surface area (Å²) >= 11 is 0. The van der Waals surface area contributed by atoms with Crippen molar-refractivity contribution in [3.8, 4) is 0 Å². The average molecular weight is 465 g/mol. The van der Waals surface area contributed by atoms with Gasteiger partial charge in [-0.3, -0.25) is 9.88 Å². The fraction of sp³-hybridized carbons (Fsp3) is 0.346. The molecule has 0 amide bonds. The molecule has 1 saturated heterocycles. The van der Waals surface area contributed by atoms with Gasteiger partial charge in [-0.1, -0.05) is 42.0 Å². The summed E-state index contributed by atoms with van der Waals surface area (Å²) in [5.74, 6) is 0. The molecule has 6 nitrogen and oxygen atoms in total. The van der Waals surface area contributed by atoms with Gasteiger partial charge in [-0.15, -0.1) is 0 Å². The quantitative estimate of drug-likeness (QED) is 0.575. The highest BCUT2D eigenvalue weighted by atomic mass is 32.2. The molecule has 1 atom stereocenters. The van der Waals surface area contributed by atoms with Crippen LogP contribution in [-0.2, 0) is 10.0 Å². The summed E-state index contributed by atoms with van der Waals surface area (Å²) in [4.78, 5) is 9.40. The SMILES string of the molecule is Cc1cc(C)c(S(=O)(=O)NC[C@H](c2cccnc2)N2CCN(c3ccccc3)CC2)c(C)c1. The van der Waals surface area contributed by atoms with Crippen LogP contribution in [0.1, 0.15) is 28.3 Å². The van der Waals surface area contributed by atoms with E-state index in [0.717, 1.165) is 48.4 Å². The van der Waals surface area contributed by atoms with Gasteiger partial charge in [0.2, 0.25) is 10.0 Å².